The lowest BCUT2D eigenvalue weighted by atomic mass is 9.96. The molecule has 3 rings (SSSR count). The third kappa shape index (κ3) is 2.34. The van der Waals surface area contributed by atoms with Crippen LogP contribution in [0.25, 0.3) is 0 Å². The minimum Gasteiger partial charge on any atom is -0.373 e. The highest BCUT2D eigenvalue weighted by Gasteiger charge is 2.43. The molecule has 7 heteroatoms. The van der Waals surface area contributed by atoms with Crippen LogP contribution < -0.4 is 10.0 Å². The molecule has 3 aliphatic rings. The molecule has 0 radical (unpaired) electrons. The van der Waals surface area contributed by atoms with E-state index in [4.69, 9.17) is 4.74 Å². The van der Waals surface area contributed by atoms with Crippen molar-refractivity contribution in [2.24, 2.45) is 0 Å². The fourth-order valence-electron chi connectivity index (χ4n) is 2.91. The van der Waals surface area contributed by atoms with Crippen LogP contribution in [0.3, 0.4) is 0 Å². The van der Waals surface area contributed by atoms with Crippen molar-refractivity contribution in [3.8, 4) is 0 Å². The molecule has 98 valence electrons. The average Bonchev–Trinajstić information content (AvgIpc) is 2.91. The molecule has 6 nitrogen and oxygen atoms in total. The monoisotopic (exact) mass is 261 g/mol. The zero-order valence-electron chi connectivity index (χ0n) is 9.76. The van der Waals surface area contributed by atoms with Gasteiger partial charge in [0.25, 0.3) is 10.2 Å². The first kappa shape index (κ1) is 11.9. The Balaban J connectivity index is 1.63. The van der Waals surface area contributed by atoms with Crippen molar-refractivity contribution in [3.05, 3.63) is 0 Å². The molecule has 0 amide bonds. The van der Waals surface area contributed by atoms with Crippen molar-refractivity contribution >= 4 is 10.2 Å². The molecule has 2 bridgehead atoms. The molecule has 3 fully saturated rings. The van der Waals surface area contributed by atoms with E-state index in [0.29, 0.717) is 13.1 Å². The number of fused-ring (bicyclic) bond motifs is 2. The normalized spacial score (nSPS) is 38.7. The van der Waals surface area contributed by atoms with E-state index >= 15 is 0 Å². The van der Waals surface area contributed by atoms with Gasteiger partial charge in [-0.25, -0.2) is 0 Å². The standard InChI is InChI=1S/C10H19N3O3S/c14-17(15,13-5-3-11-4-6-13)12-9-7-8-1-2-10(9)16-8/h8-12H,1-7H2. The van der Waals surface area contributed by atoms with Crippen LogP contribution >= 0.6 is 0 Å². The minimum atomic E-state index is -3.33. The quantitative estimate of drug-likeness (QED) is 0.687. The molecule has 3 unspecified atom stereocenters. The summed E-state index contributed by atoms with van der Waals surface area (Å²) in [6.07, 6.45) is 3.26. The third-order valence-corrected chi connectivity index (χ3v) is 5.47. The van der Waals surface area contributed by atoms with Gasteiger partial charge in [0.2, 0.25) is 0 Å². The van der Waals surface area contributed by atoms with Crippen molar-refractivity contribution in [3.63, 3.8) is 0 Å². The van der Waals surface area contributed by atoms with Crippen molar-refractivity contribution in [2.75, 3.05) is 26.2 Å². The first-order chi connectivity index (χ1) is 8.15. The van der Waals surface area contributed by atoms with Gasteiger partial charge in [0, 0.05) is 26.2 Å². The predicted octanol–water partition coefficient (Wildman–Crippen LogP) is -0.954. The second kappa shape index (κ2) is 4.47. The lowest BCUT2D eigenvalue weighted by Crippen LogP contribution is -2.53. The van der Waals surface area contributed by atoms with Gasteiger partial charge in [-0.05, 0) is 19.3 Å². The topological polar surface area (TPSA) is 70.7 Å². The number of nitrogens with one attached hydrogen (secondary N) is 2. The Hall–Kier alpha value is -0.210. The smallest absolute Gasteiger partial charge is 0.279 e. The van der Waals surface area contributed by atoms with E-state index in [-0.39, 0.29) is 18.2 Å². The number of piperazine rings is 1. The second-order valence-corrected chi connectivity index (χ2v) is 6.69. The fourth-order valence-corrected chi connectivity index (χ4v) is 4.36. The van der Waals surface area contributed by atoms with Gasteiger partial charge in [-0.3, -0.25) is 0 Å². The highest BCUT2D eigenvalue weighted by atomic mass is 32.2. The summed E-state index contributed by atoms with van der Waals surface area (Å²) in [5.74, 6) is 0. The molecule has 3 aliphatic heterocycles. The molecular formula is C10H19N3O3S. The Morgan fingerprint density at radius 2 is 2.00 bits per heavy atom. The van der Waals surface area contributed by atoms with Crippen molar-refractivity contribution in [2.45, 2.75) is 37.5 Å². The second-order valence-electron chi connectivity index (χ2n) is 4.99. The lowest BCUT2D eigenvalue weighted by Gasteiger charge is -2.29. The molecule has 0 aliphatic carbocycles. The zero-order valence-corrected chi connectivity index (χ0v) is 10.6. The first-order valence-corrected chi connectivity index (χ1v) is 7.73. The molecule has 0 saturated carbocycles. The van der Waals surface area contributed by atoms with E-state index in [1.54, 1.807) is 0 Å². The van der Waals surface area contributed by atoms with Gasteiger partial charge in [0.05, 0.1) is 18.2 Å². The summed E-state index contributed by atoms with van der Waals surface area (Å²) in [7, 11) is -3.33. The molecule has 0 aromatic heterocycles. The third-order valence-electron chi connectivity index (χ3n) is 3.82. The van der Waals surface area contributed by atoms with E-state index in [2.05, 4.69) is 10.0 Å². The summed E-state index contributed by atoms with van der Waals surface area (Å²) in [4.78, 5) is 0. The van der Waals surface area contributed by atoms with Gasteiger partial charge in [-0.15, -0.1) is 0 Å². The van der Waals surface area contributed by atoms with E-state index in [9.17, 15) is 8.42 Å². The van der Waals surface area contributed by atoms with Gasteiger partial charge in [0.15, 0.2) is 0 Å². The van der Waals surface area contributed by atoms with Crippen LogP contribution in [0.1, 0.15) is 19.3 Å². The maximum Gasteiger partial charge on any atom is 0.279 e. The molecular weight excluding hydrogens is 242 g/mol. The van der Waals surface area contributed by atoms with E-state index < -0.39 is 10.2 Å². The molecule has 2 N–H and O–H groups in total. The molecule has 3 saturated heterocycles. The molecule has 3 heterocycles. The van der Waals surface area contributed by atoms with Crippen LogP contribution in [-0.4, -0.2) is 57.2 Å². The van der Waals surface area contributed by atoms with Gasteiger partial charge < -0.3 is 10.1 Å². The Morgan fingerprint density at radius 1 is 1.24 bits per heavy atom. The predicted molar refractivity (Wildman–Crippen MR) is 62.8 cm³/mol. The van der Waals surface area contributed by atoms with Crippen LogP contribution in [0, 0.1) is 0 Å². The Kier molecular flexibility index (Phi) is 3.12. The number of ether oxygens (including phenoxy) is 1. The molecule has 0 spiro atoms. The SMILES string of the molecule is O=S(=O)(NC1CC2CCC1O2)N1CCNCC1. The number of hydrogen-bond acceptors (Lipinski definition) is 4. The molecule has 3 atom stereocenters. The Labute approximate surface area is 102 Å². The Morgan fingerprint density at radius 3 is 2.59 bits per heavy atom. The van der Waals surface area contributed by atoms with Gasteiger partial charge >= 0.3 is 0 Å². The molecule has 0 aromatic carbocycles. The van der Waals surface area contributed by atoms with Crippen molar-refractivity contribution in [1.82, 2.24) is 14.3 Å². The largest absolute Gasteiger partial charge is 0.373 e. The van der Waals surface area contributed by atoms with Crippen LogP contribution in [0.5, 0.6) is 0 Å². The van der Waals surface area contributed by atoms with Crippen LogP contribution in [0.4, 0.5) is 0 Å². The first-order valence-electron chi connectivity index (χ1n) is 6.29. The van der Waals surface area contributed by atoms with Crippen molar-refractivity contribution < 1.29 is 13.2 Å². The number of nitrogens with zero attached hydrogens (tertiary/aromatic N) is 1. The molecule has 0 aromatic rings. The zero-order chi connectivity index (χ0) is 11.9. The van der Waals surface area contributed by atoms with Gasteiger partial charge in [-0.2, -0.15) is 17.4 Å². The van der Waals surface area contributed by atoms with Gasteiger partial charge in [0.1, 0.15) is 0 Å². The van der Waals surface area contributed by atoms with Crippen LogP contribution in [-0.2, 0) is 14.9 Å². The van der Waals surface area contributed by atoms with E-state index in [1.165, 1.54) is 4.31 Å². The summed E-state index contributed by atoms with van der Waals surface area (Å²) < 4.78 is 34.3. The van der Waals surface area contributed by atoms with Gasteiger partial charge in [-0.1, -0.05) is 0 Å². The summed E-state index contributed by atoms with van der Waals surface area (Å²) in [5.41, 5.74) is 0. The van der Waals surface area contributed by atoms with Crippen molar-refractivity contribution in [1.29, 1.82) is 0 Å². The maximum absolute atomic E-state index is 12.1. The van der Waals surface area contributed by atoms with E-state index in [1.807, 2.05) is 0 Å². The molecule has 17 heavy (non-hydrogen) atoms. The summed E-state index contributed by atoms with van der Waals surface area (Å²) in [5, 5.41) is 3.15. The van der Waals surface area contributed by atoms with Crippen LogP contribution in [0.2, 0.25) is 0 Å². The maximum atomic E-state index is 12.1. The Bertz CT molecular complexity index is 380. The summed E-state index contributed by atoms with van der Waals surface area (Å²) >= 11 is 0. The summed E-state index contributed by atoms with van der Waals surface area (Å²) in [6.45, 7) is 2.57. The van der Waals surface area contributed by atoms with E-state index in [0.717, 1.165) is 32.4 Å². The fraction of sp³-hybridized carbons (Fsp3) is 1.00. The minimum absolute atomic E-state index is 0.0198. The lowest BCUT2D eigenvalue weighted by molar-refractivity contribution is 0.0993. The summed E-state index contributed by atoms with van der Waals surface area (Å²) in [6, 6.07) is -0.0198. The highest BCUT2D eigenvalue weighted by molar-refractivity contribution is 7.87. The number of rotatable bonds is 3. The van der Waals surface area contributed by atoms with Crippen LogP contribution in [0.15, 0.2) is 0 Å². The average molecular weight is 261 g/mol. The number of hydrogen-bond donors (Lipinski definition) is 2. The highest BCUT2D eigenvalue weighted by Crippen LogP contribution is 2.34.